The van der Waals surface area contributed by atoms with E-state index >= 15 is 0 Å². The molecule has 1 aliphatic carbocycles. The predicted octanol–water partition coefficient (Wildman–Crippen LogP) is 3.33. The van der Waals surface area contributed by atoms with Crippen LogP contribution in [0.2, 0.25) is 0 Å². The van der Waals surface area contributed by atoms with Gasteiger partial charge in [-0.15, -0.1) is 0 Å². The van der Waals surface area contributed by atoms with Crippen molar-refractivity contribution < 1.29 is 14.1 Å². The lowest BCUT2D eigenvalue weighted by Crippen LogP contribution is -2.45. The van der Waals surface area contributed by atoms with Gasteiger partial charge in [-0.2, -0.15) is 4.98 Å². The number of rotatable bonds is 11. The molecule has 0 unspecified atom stereocenters. The first-order valence-electron chi connectivity index (χ1n) is 12.1. The zero-order valence-corrected chi connectivity index (χ0v) is 19.9. The topological polar surface area (TPSA) is 100 Å². The van der Waals surface area contributed by atoms with Gasteiger partial charge in [0.1, 0.15) is 5.54 Å². The van der Waals surface area contributed by atoms with Gasteiger partial charge in [0, 0.05) is 32.9 Å². The molecule has 0 bridgehead atoms. The molecule has 0 saturated heterocycles. The number of benzene rings is 1. The Bertz CT molecular complexity index is 875. The highest BCUT2D eigenvalue weighted by atomic mass is 16.5. The number of hydrogen-bond acceptors (Lipinski definition) is 6. The Morgan fingerprint density at radius 2 is 1.85 bits per heavy atom. The summed E-state index contributed by atoms with van der Waals surface area (Å²) < 4.78 is 5.43. The quantitative estimate of drug-likeness (QED) is 0.398. The van der Waals surface area contributed by atoms with E-state index in [0.717, 1.165) is 58.0 Å². The zero-order chi connectivity index (χ0) is 23.5. The van der Waals surface area contributed by atoms with Crippen molar-refractivity contribution in [2.75, 3.05) is 20.1 Å². The summed E-state index contributed by atoms with van der Waals surface area (Å²) in [6.45, 7) is 3.97. The van der Waals surface area contributed by atoms with Gasteiger partial charge in [-0.25, -0.2) is 0 Å². The van der Waals surface area contributed by atoms with E-state index in [4.69, 9.17) is 4.52 Å². The number of carbonyl (C=O) groups excluding carboxylic acids is 2. The van der Waals surface area contributed by atoms with Gasteiger partial charge >= 0.3 is 0 Å². The fraction of sp³-hybridized carbons (Fsp3) is 0.600. The first-order valence-corrected chi connectivity index (χ1v) is 12.1. The molecule has 33 heavy (non-hydrogen) atoms. The average Bonchev–Trinajstić information content (AvgIpc) is 3.16. The minimum atomic E-state index is -0.557. The fourth-order valence-corrected chi connectivity index (χ4v) is 4.48. The van der Waals surface area contributed by atoms with Crippen molar-refractivity contribution in [3.63, 3.8) is 0 Å². The number of amides is 2. The average molecular weight is 456 g/mol. The monoisotopic (exact) mass is 455 g/mol. The molecule has 1 heterocycles. The third kappa shape index (κ3) is 7.96. The maximum atomic E-state index is 12.2. The Hall–Kier alpha value is -2.74. The molecule has 2 N–H and O–H groups in total. The van der Waals surface area contributed by atoms with Crippen molar-refractivity contribution in [2.45, 2.75) is 76.8 Å². The smallest absolute Gasteiger partial charge is 0.227 e. The van der Waals surface area contributed by atoms with Gasteiger partial charge in [-0.05, 0) is 38.4 Å². The molecule has 0 spiro atoms. The third-order valence-electron chi connectivity index (χ3n) is 6.17. The van der Waals surface area contributed by atoms with Gasteiger partial charge in [-0.1, -0.05) is 61.2 Å². The molecule has 0 atom stereocenters. The van der Waals surface area contributed by atoms with E-state index in [0.29, 0.717) is 31.1 Å². The molecule has 0 radical (unpaired) electrons. The SMILES string of the molecule is CC(=O)NC1(c2noc(CCC(=O)NCCCN(C)Cc3ccccc3)n2)CCCCCC1. The number of nitrogens with one attached hydrogen (secondary N) is 2. The Labute approximate surface area is 196 Å². The minimum absolute atomic E-state index is 0.0218. The minimum Gasteiger partial charge on any atom is -0.356 e. The largest absolute Gasteiger partial charge is 0.356 e. The summed E-state index contributed by atoms with van der Waals surface area (Å²) in [4.78, 5) is 30.9. The molecule has 1 aliphatic rings. The van der Waals surface area contributed by atoms with Crippen LogP contribution in [0.4, 0.5) is 0 Å². The summed E-state index contributed by atoms with van der Waals surface area (Å²) in [5.41, 5.74) is 0.727. The summed E-state index contributed by atoms with van der Waals surface area (Å²) >= 11 is 0. The molecule has 180 valence electrons. The van der Waals surface area contributed by atoms with E-state index in [2.05, 4.69) is 44.9 Å². The predicted molar refractivity (Wildman–Crippen MR) is 126 cm³/mol. The molecule has 1 aromatic heterocycles. The van der Waals surface area contributed by atoms with Crippen LogP contribution < -0.4 is 10.6 Å². The van der Waals surface area contributed by atoms with E-state index in [1.54, 1.807) is 0 Å². The van der Waals surface area contributed by atoms with Crippen LogP contribution >= 0.6 is 0 Å². The van der Waals surface area contributed by atoms with Crippen LogP contribution in [0.3, 0.4) is 0 Å². The second-order valence-electron chi connectivity index (χ2n) is 9.12. The number of aryl methyl sites for hydroxylation is 1. The Morgan fingerprint density at radius 3 is 2.55 bits per heavy atom. The number of carbonyl (C=O) groups is 2. The summed E-state index contributed by atoms with van der Waals surface area (Å²) in [5.74, 6) is 0.872. The summed E-state index contributed by atoms with van der Waals surface area (Å²) in [7, 11) is 2.09. The standard InChI is InChI=1S/C25H37N5O3/c1-20(31)28-25(15-8-3-4-9-16-25)24-27-23(33-29-24)14-13-22(32)26-17-10-18-30(2)19-21-11-6-5-7-12-21/h5-7,11-12H,3-4,8-10,13-19H2,1-2H3,(H,26,32)(H,28,31). The van der Waals surface area contributed by atoms with Crippen molar-refractivity contribution >= 4 is 11.8 Å². The van der Waals surface area contributed by atoms with Crippen molar-refractivity contribution in [3.8, 4) is 0 Å². The van der Waals surface area contributed by atoms with Crippen LogP contribution in [0.1, 0.15) is 75.6 Å². The molecule has 1 aromatic carbocycles. The van der Waals surface area contributed by atoms with Crippen LogP contribution in [0.15, 0.2) is 34.9 Å². The fourth-order valence-electron chi connectivity index (χ4n) is 4.48. The van der Waals surface area contributed by atoms with Crippen LogP contribution in [-0.4, -0.2) is 47.0 Å². The van der Waals surface area contributed by atoms with E-state index in [1.807, 2.05) is 18.2 Å². The molecule has 0 aliphatic heterocycles. The normalized spacial score (nSPS) is 15.7. The molecule has 8 nitrogen and oxygen atoms in total. The molecule has 1 saturated carbocycles. The van der Waals surface area contributed by atoms with E-state index in [9.17, 15) is 9.59 Å². The highest BCUT2D eigenvalue weighted by molar-refractivity contribution is 5.76. The second kappa shape index (κ2) is 12.5. The Kier molecular flexibility index (Phi) is 9.42. The van der Waals surface area contributed by atoms with Crippen LogP contribution in [-0.2, 0) is 28.1 Å². The van der Waals surface area contributed by atoms with Gasteiger partial charge in [0.15, 0.2) is 5.82 Å². The van der Waals surface area contributed by atoms with Crippen molar-refractivity contribution in [1.29, 1.82) is 0 Å². The highest BCUT2D eigenvalue weighted by Gasteiger charge is 2.38. The summed E-state index contributed by atoms with van der Waals surface area (Å²) in [6, 6.07) is 10.4. The lowest BCUT2D eigenvalue weighted by Gasteiger charge is -2.30. The third-order valence-corrected chi connectivity index (χ3v) is 6.17. The van der Waals surface area contributed by atoms with Crippen LogP contribution in [0.25, 0.3) is 0 Å². The van der Waals surface area contributed by atoms with Crippen LogP contribution in [0, 0.1) is 0 Å². The summed E-state index contributed by atoms with van der Waals surface area (Å²) in [5, 5.41) is 10.2. The number of aromatic nitrogens is 2. The van der Waals surface area contributed by atoms with E-state index < -0.39 is 5.54 Å². The maximum Gasteiger partial charge on any atom is 0.227 e. The zero-order valence-electron chi connectivity index (χ0n) is 19.9. The molecule has 1 fully saturated rings. The first kappa shape index (κ1) is 24.9. The Morgan fingerprint density at radius 1 is 1.12 bits per heavy atom. The van der Waals surface area contributed by atoms with E-state index in [-0.39, 0.29) is 11.8 Å². The van der Waals surface area contributed by atoms with Gasteiger partial charge in [0.25, 0.3) is 0 Å². The first-order chi connectivity index (χ1) is 16.0. The van der Waals surface area contributed by atoms with Crippen molar-refractivity contribution in [1.82, 2.24) is 25.7 Å². The van der Waals surface area contributed by atoms with Gasteiger partial charge in [0.2, 0.25) is 17.7 Å². The van der Waals surface area contributed by atoms with Gasteiger partial charge in [0.05, 0.1) is 0 Å². The van der Waals surface area contributed by atoms with Crippen molar-refractivity contribution in [3.05, 3.63) is 47.6 Å². The van der Waals surface area contributed by atoms with Crippen molar-refractivity contribution in [2.24, 2.45) is 0 Å². The molecular formula is C25H37N5O3. The highest BCUT2D eigenvalue weighted by Crippen LogP contribution is 2.34. The number of nitrogens with zero attached hydrogens (tertiary/aromatic N) is 3. The lowest BCUT2D eigenvalue weighted by molar-refractivity contribution is -0.122. The van der Waals surface area contributed by atoms with Crippen LogP contribution in [0.5, 0.6) is 0 Å². The second-order valence-corrected chi connectivity index (χ2v) is 9.12. The Balaban J connectivity index is 1.40. The molecular weight excluding hydrogens is 418 g/mol. The molecule has 2 amide bonds. The summed E-state index contributed by atoms with van der Waals surface area (Å²) in [6.07, 6.45) is 7.54. The number of hydrogen-bond donors (Lipinski definition) is 2. The van der Waals surface area contributed by atoms with E-state index in [1.165, 1.54) is 12.5 Å². The van der Waals surface area contributed by atoms with Gasteiger partial charge < -0.3 is 20.1 Å². The molecule has 8 heteroatoms. The lowest BCUT2D eigenvalue weighted by atomic mass is 9.89. The molecule has 2 aromatic rings. The van der Waals surface area contributed by atoms with Gasteiger partial charge in [-0.3, -0.25) is 9.59 Å². The maximum absolute atomic E-state index is 12.2. The molecule has 3 rings (SSSR count).